The predicted molar refractivity (Wildman–Crippen MR) is 95.6 cm³/mol. The van der Waals surface area contributed by atoms with Gasteiger partial charge in [0.25, 0.3) is 0 Å². The smallest absolute Gasteiger partial charge is 0.245 e. The average molecular weight is 355 g/mol. The zero-order valence-electron chi connectivity index (χ0n) is 14.2. The van der Waals surface area contributed by atoms with Crippen LogP contribution in [0.2, 0.25) is 0 Å². The number of hydrazone groups is 1. The lowest BCUT2D eigenvalue weighted by atomic mass is 10.1. The van der Waals surface area contributed by atoms with Gasteiger partial charge in [-0.3, -0.25) is 9.59 Å². The van der Waals surface area contributed by atoms with Crippen LogP contribution in [0.15, 0.2) is 53.6 Å². The number of hydrogen-bond acceptors (Lipinski definition) is 4. The summed E-state index contributed by atoms with van der Waals surface area (Å²) in [5.41, 5.74) is 3.85. The monoisotopic (exact) mass is 355 g/mol. The van der Waals surface area contributed by atoms with Crippen LogP contribution in [0.4, 0.5) is 10.1 Å². The number of ether oxygens (including phenoxy) is 1. The van der Waals surface area contributed by atoms with Gasteiger partial charge in [0.2, 0.25) is 11.8 Å². The Morgan fingerprint density at radius 2 is 1.92 bits per heavy atom. The molecule has 0 spiro atoms. The van der Waals surface area contributed by atoms with E-state index in [-0.39, 0.29) is 30.6 Å². The second-order valence-corrected chi connectivity index (χ2v) is 5.89. The van der Waals surface area contributed by atoms with Crippen molar-refractivity contribution in [3.63, 3.8) is 0 Å². The fourth-order valence-electron chi connectivity index (χ4n) is 2.71. The molecular formula is C19H18FN3O3. The Hall–Kier alpha value is -3.22. The van der Waals surface area contributed by atoms with E-state index in [1.807, 2.05) is 12.1 Å². The zero-order valence-corrected chi connectivity index (χ0v) is 14.2. The Bertz CT molecular complexity index is 819. The van der Waals surface area contributed by atoms with Crippen molar-refractivity contribution in [2.45, 2.75) is 6.42 Å². The van der Waals surface area contributed by atoms with Gasteiger partial charge in [-0.25, -0.2) is 9.82 Å². The third-order valence-corrected chi connectivity index (χ3v) is 4.14. The van der Waals surface area contributed by atoms with E-state index < -0.39 is 5.92 Å². The highest BCUT2D eigenvalue weighted by molar-refractivity contribution is 6.00. The van der Waals surface area contributed by atoms with Crippen molar-refractivity contribution in [1.29, 1.82) is 0 Å². The Labute approximate surface area is 150 Å². The molecule has 26 heavy (non-hydrogen) atoms. The molecule has 2 aromatic carbocycles. The van der Waals surface area contributed by atoms with Crippen molar-refractivity contribution < 1.29 is 18.7 Å². The zero-order chi connectivity index (χ0) is 18.5. The van der Waals surface area contributed by atoms with Crippen LogP contribution in [0.25, 0.3) is 0 Å². The lowest BCUT2D eigenvalue weighted by Gasteiger charge is -2.16. The molecule has 134 valence electrons. The molecule has 1 N–H and O–H groups in total. The maximum Gasteiger partial charge on any atom is 0.245 e. The summed E-state index contributed by atoms with van der Waals surface area (Å²) in [5.74, 6) is -0.636. The van der Waals surface area contributed by atoms with Crippen LogP contribution in [-0.4, -0.2) is 31.7 Å². The molecule has 0 saturated carbocycles. The second kappa shape index (κ2) is 7.77. The van der Waals surface area contributed by atoms with Gasteiger partial charge in [0.15, 0.2) is 0 Å². The van der Waals surface area contributed by atoms with Crippen LogP contribution in [0.3, 0.4) is 0 Å². The highest BCUT2D eigenvalue weighted by atomic mass is 19.1. The molecule has 2 aromatic rings. The third kappa shape index (κ3) is 4.05. The van der Waals surface area contributed by atoms with Crippen LogP contribution in [-0.2, 0) is 9.59 Å². The third-order valence-electron chi connectivity index (χ3n) is 4.14. The van der Waals surface area contributed by atoms with E-state index in [0.717, 1.165) is 11.3 Å². The van der Waals surface area contributed by atoms with E-state index in [0.29, 0.717) is 5.69 Å². The van der Waals surface area contributed by atoms with Crippen LogP contribution in [0.1, 0.15) is 12.0 Å². The molecule has 1 atom stereocenters. The van der Waals surface area contributed by atoms with Crippen LogP contribution < -0.4 is 15.1 Å². The summed E-state index contributed by atoms with van der Waals surface area (Å²) in [6, 6.07) is 12.8. The quantitative estimate of drug-likeness (QED) is 0.661. The SMILES string of the molecule is COc1ccc(C=NNC(=O)[C@@H]2CC(=O)N(c3ccc(F)cc3)C2)cc1. The summed E-state index contributed by atoms with van der Waals surface area (Å²) < 4.78 is 18.1. The van der Waals surface area contributed by atoms with Crippen molar-refractivity contribution in [3.8, 4) is 5.75 Å². The number of nitrogens with zero attached hydrogens (tertiary/aromatic N) is 2. The molecule has 0 aliphatic carbocycles. The summed E-state index contributed by atoms with van der Waals surface area (Å²) in [6.45, 7) is 0.244. The number of benzene rings is 2. The van der Waals surface area contributed by atoms with Gasteiger partial charge in [0.05, 0.1) is 19.2 Å². The second-order valence-electron chi connectivity index (χ2n) is 5.89. The standard InChI is InChI=1S/C19H18FN3O3/c1-26-17-8-2-13(3-9-17)11-21-22-19(25)14-10-18(24)23(12-14)16-6-4-15(20)5-7-16/h2-9,11,14H,10,12H2,1H3,(H,22,25)/t14-/m1/s1. The minimum atomic E-state index is -0.499. The Morgan fingerprint density at radius 1 is 1.23 bits per heavy atom. The number of nitrogens with one attached hydrogen (secondary N) is 1. The first-order chi connectivity index (χ1) is 12.6. The van der Waals surface area contributed by atoms with E-state index in [1.54, 1.807) is 19.2 Å². The minimum Gasteiger partial charge on any atom is -0.497 e. The molecule has 1 saturated heterocycles. The van der Waals surface area contributed by atoms with E-state index in [4.69, 9.17) is 4.74 Å². The van der Waals surface area contributed by atoms with Crippen LogP contribution >= 0.6 is 0 Å². The predicted octanol–water partition coefficient (Wildman–Crippen LogP) is 2.34. The van der Waals surface area contributed by atoms with Crippen LogP contribution in [0.5, 0.6) is 5.75 Å². The molecule has 7 heteroatoms. The van der Waals surface area contributed by atoms with Crippen molar-refractivity contribution >= 4 is 23.7 Å². The minimum absolute atomic E-state index is 0.0985. The van der Waals surface area contributed by atoms with Crippen molar-refractivity contribution in [2.24, 2.45) is 11.0 Å². The summed E-state index contributed by atoms with van der Waals surface area (Å²) in [7, 11) is 1.58. The molecule has 1 fully saturated rings. The van der Waals surface area contributed by atoms with E-state index in [1.165, 1.54) is 35.4 Å². The molecule has 1 heterocycles. The largest absolute Gasteiger partial charge is 0.497 e. The Morgan fingerprint density at radius 3 is 2.58 bits per heavy atom. The Balaban J connectivity index is 1.57. The molecule has 0 aromatic heterocycles. The number of amides is 2. The number of methoxy groups -OCH3 is 1. The molecule has 3 rings (SSSR count). The highest BCUT2D eigenvalue weighted by Crippen LogP contribution is 2.25. The van der Waals surface area contributed by atoms with E-state index >= 15 is 0 Å². The molecule has 0 radical (unpaired) electrons. The molecule has 1 aliphatic rings. The van der Waals surface area contributed by atoms with Gasteiger partial charge in [-0.2, -0.15) is 5.10 Å². The summed E-state index contributed by atoms with van der Waals surface area (Å²) >= 11 is 0. The first kappa shape index (κ1) is 17.6. The molecule has 6 nitrogen and oxygen atoms in total. The fourth-order valence-corrected chi connectivity index (χ4v) is 2.71. The Kier molecular flexibility index (Phi) is 5.26. The van der Waals surface area contributed by atoms with E-state index in [9.17, 15) is 14.0 Å². The summed E-state index contributed by atoms with van der Waals surface area (Å²) in [6.07, 6.45) is 1.62. The van der Waals surface area contributed by atoms with E-state index in [2.05, 4.69) is 10.5 Å². The van der Waals surface area contributed by atoms with Gasteiger partial charge in [0.1, 0.15) is 11.6 Å². The van der Waals surface area contributed by atoms with Gasteiger partial charge >= 0.3 is 0 Å². The lowest BCUT2D eigenvalue weighted by molar-refractivity contribution is -0.126. The first-order valence-corrected chi connectivity index (χ1v) is 8.09. The lowest BCUT2D eigenvalue weighted by Crippen LogP contribution is -2.30. The number of carbonyl (C=O) groups is 2. The number of hydrogen-bond donors (Lipinski definition) is 1. The van der Waals surface area contributed by atoms with Gasteiger partial charge < -0.3 is 9.64 Å². The highest BCUT2D eigenvalue weighted by Gasteiger charge is 2.35. The topological polar surface area (TPSA) is 71.0 Å². The molecule has 0 bridgehead atoms. The van der Waals surface area contributed by atoms with Gasteiger partial charge in [0, 0.05) is 18.7 Å². The number of rotatable bonds is 5. The van der Waals surface area contributed by atoms with Gasteiger partial charge in [-0.05, 0) is 54.1 Å². The molecule has 2 amide bonds. The van der Waals surface area contributed by atoms with Gasteiger partial charge in [-0.15, -0.1) is 0 Å². The maximum absolute atomic E-state index is 13.0. The maximum atomic E-state index is 13.0. The van der Waals surface area contributed by atoms with Crippen molar-refractivity contribution in [2.75, 3.05) is 18.6 Å². The van der Waals surface area contributed by atoms with Crippen molar-refractivity contribution in [1.82, 2.24) is 5.43 Å². The van der Waals surface area contributed by atoms with Crippen molar-refractivity contribution in [3.05, 3.63) is 59.9 Å². The summed E-state index contributed by atoms with van der Waals surface area (Å²) in [4.78, 5) is 25.8. The average Bonchev–Trinajstić information content (AvgIpc) is 3.05. The fraction of sp³-hybridized carbons (Fsp3) is 0.211. The first-order valence-electron chi connectivity index (χ1n) is 8.09. The molecular weight excluding hydrogens is 337 g/mol. The summed E-state index contributed by atoms with van der Waals surface area (Å²) in [5, 5.41) is 3.93. The normalized spacial score (nSPS) is 16.9. The van der Waals surface area contributed by atoms with Gasteiger partial charge in [-0.1, -0.05) is 0 Å². The number of anilines is 1. The number of halogens is 1. The van der Waals surface area contributed by atoms with Crippen LogP contribution in [0, 0.1) is 11.7 Å². The number of carbonyl (C=O) groups excluding carboxylic acids is 2. The molecule has 1 aliphatic heterocycles. The molecule has 0 unspecified atom stereocenters.